The number of hydrogen-bond donors (Lipinski definition) is 3. The van der Waals surface area contributed by atoms with E-state index in [9.17, 15) is 34.5 Å². The summed E-state index contributed by atoms with van der Waals surface area (Å²) < 4.78 is 28.4. The van der Waals surface area contributed by atoms with Gasteiger partial charge in [-0.25, -0.2) is 4.79 Å². The fraction of sp³-hybridized carbons (Fsp3) is 0.810. The molecular weight excluding hydrogens is 949 g/mol. The highest BCUT2D eigenvalue weighted by molar-refractivity contribution is 5.74. The molecule has 0 radical (unpaired) electrons. The van der Waals surface area contributed by atoms with Gasteiger partial charge in [-0.2, -0.15) is 0 Å². The standard InChI is InChI=1S/C63H110O12/c1-4-7-10-13-16-19-22-25-28-31-34-37-40-43-46-49-55(64)71-52-54(73-56(65)50-47-44-41-38-35-32-29-26-23-20-17-14-11-8-5-2)53-72-63-61(59(68)58(67)60(75-63)62(69)70)74-57(66)51-48-45-42-39-36-33-30-27-24-21-18-15-12-9-6-3/h7,10,16,19,25,28,34,37,54,58-61,63,67-68H,4-6,8-9,11-15,17-18,20-24,26-27,29-33,35-36,38-53H2,1-3H3,(H,69,70)/b10-7-,19-16-,28-25-,37-34-. The van der Waals surface area contributed by atoms with Crippen molar-refractivity contribution in [2.45, 2.75) is 314 Å². The summed E-state index contributed by atoms with van der Waals surface area (Å²) in [6.07, 6.45) is 49.4. The second kappa shape index (κ2) is 51.4. The van der Waals surface area contributed by atoms with Crippen molar-refractivity contribution in [3.63, 3.8) is 0 Å². The first-order chi connectivity index (χ1) is 36.6. The summed E-state index contributed by atoms with van der Waals surface area (Å²) in [5.74, 6) is -3.15. The normalized spacial score (nSPS) is 18.4. The lowest BCUT2D eigenvalue weighted by atomic mass is 9.98. The number of carbonyl (C=O) groups excluding carboxylic acids is 3. The van der Waals surface area contributed by atoms with Crippen LogP contribution >= 0.6 is 0 Å². The summed E-state index contributed by atoms with van der Waals surface area (Å²) in [5, 5.41) is 31.5. The van der Waals surface area contributed by atoms with Crippen LogP contribution in [0.3, 0.4) is 0 Å². The fourth-order valence-corrected chi connectivity index (χ4v) is 9.24. The van der Waals surface area contributed by atoms with Crippen molar-refractivity contribution in [3.05, 3.63) is 48.6 Å². The number of hydrogen-bond acceptors (Lipinski definition) is 11. The van der Waals surface area contributed by atoms with Gasteiger partial charge in [0, 0.05) is 19.3 Å². The number of unbranched alkanes of at least 4 members (excludes halogenated alkanes) is 30. The van der Waals surface area contributed by atoms with E-state index in [0.29, 0.717) is 19.3 Å². The van der Waals surface area contributed by atoms with E-state index < -0.39 is 67.3 Å². The number of carbonyl (C=O) groups is 4. The third-order valence-corrected chi connectivity index (χ3v) is 13.9. The van der Waals surface area contributed by atoms with Crippen molar-refractivity contribution in [3.8, 4) is 0 Å². The predicted molar refractivity (Wildman–Crippen MR) is 303 cm³/mol. The molecule has 0 aliphatic carbocycles. The Balaban J connectivity index is 2.70. The van der Waals surface area contributed by atoms with Crippen molar-refractivity contribution in [2.24, 2.45) is 0 Å². The topological polar surface area (TPSA) is 175 Å². The van der Waals surface area contributed by atoms with E-state index in [4.69, 9.17) is 23.7 Å². The number of aliphatic hydroxyl groups is 2. The SMILES string of the molecule is CC/C=C\C/C=C\C/C=C\C/C=C\CCCCC(=O)OCC(COC1OC(C(=O)O)C(O)C(O)C1OC(=O)CCCCCCCCCCCCCCCCC)OC(=O)CCCCCCCCCCCCCCCCC. The van der Waals surface area contributed by atoms with Gasteiger partial charge in [-0.05, 0) is 57.8 Å². The Morgan fingerprint density at radius 1 is 0.453 bits per heavy atom. The van der Waals surface area contributed by atoms with Crippen molar-refractivity contribution in [2.75, 3.05) is 13.2 Å². The first-order valence-corrected chi connectivity index (χ1v) is 30.6. The maximum Gasteiger partial charge on any atom is 0.335 e. The van der Waals surface area contributed by atoms with Crippen LogP contribution in [0.1, 0.15) is 278 Å². The first-order valence-electron chi connectivity index (χ1n) is 30.6. The molecule has 1 fully saturated rings. The number of carboxylic acid groups (broad SMARTS) is 1. The van der Waals surface area contributed by atoms with Gasteiger partial charge in [0.25, 0.3) is 0 Å². The lowest BCUT2D eigenvalue weighted by Gasteiger charge is -2.40. The second-order valence-electron chi connectivity index (χ2n) is 21.0. The minimum Gasteiger partial charge on any atom is -0.479 e. The third-order valence-electron chi connectivity index (χ3n) is 13.9. The Morgan fingerprint density at radius 3 is 1.28 bits per heavy atom. The highest BCUT2D eigenvalue weighted by Crippen LogP contribution is 2.27. The van der Waals surface area contributed by atoms with Crippen LogP contribution in [0.4, 0.5) is 0 Å². The molecule has 12 nitrogen and oxygen atoms in total. The van der Waals surface area contributed by atoms with Gasteiger partial charge < -0.3 is 39.0 Å². The number of aliphatic hydroxyl groups excluding tert-OH is 2. The van der Waals surface area contributed by atoms with Gasteiger partial charge in [0.15, 0.2) is 24.6 Å². The van der Waals surface area contributed by atoms with E-state index in [-0.39, 0.29) is 25.9 Å². The molecule has 1 saturated heterocycles. The van der Waals surface area contributed by atoms with Gasteiger partial charge >= 0.3 is 23.9 Å². The van der Waals surface area contributed by atoms with Crippen molar-refractivity contribution >= 4 is 23.9 Å². The van der Waals surface area contributed by atoms with Gasteiger partial charge in [-0.1, -0.05) is 249 Å². The minimum atomic E-state index is -1.90. The average molecular weight is 1060 g/mol. The van der Waals surface area contributed by atoms with Crippen LogP contribution in [-0.2, 0) is 42.9 Å². The van der Waals surface area contributed by atoms with Crippen LogP contribution < -0.4 is 0 Å². The summed E-state index contributed by atoms with van der Waals surface area (Å²) in [6, 6.07) is 0. The van der Waals surface area contributed by atoms with Crippen LogP contribution in [0.2, 0.25) is 0 Å². The van der Waals surface area contributed by atoms with Crippen LogP contribution in [0.5, 0.6) is 0 Å². The molecule has 0 aromatic rings. The molecule has 6 atom stereocenters. The molecule has 1 aliphatic rings. The zero-order chi connectivity index (χ0) is 54.7. The molecule has 0 amide bonds. The Labute approximate surface area is 456 Å². The van der Waals surface area contributed by atoms with E-state index in [0.717, 1.165) is 83.5 Å². The molecule has 0 saturated carbocycles. The highest BCUT2D eigenvalue weighted by atomic mass is 16.7. The monoisotopic (exact) mass is 1060 g/mol. The quantitative estimate of drug-likeness (QED) is 0.0228. The summed E-state index contributed by atoms with van der Waals surface area (Å²) in [6.45, 7) is 5.87. The van der Waals surface area contributed by atoms with E-state index in [2.05, 4.69) is 69.4 Å². The summed E-state index contributed by atoms with van der Waals surface area (Å²) >= 11 is 0. The molecule has 75 heavy (non-hydrogen) atoms. The van der Waals surface area contributed by atoms with Gasteiger partial charge in [0.1, 0.15) is 18.8 Å². The Hall–Kier alpha value is -3.32. The molecule has 1 aliphatic heterocycles. The first kappa shape index (κ1) is 69.7. The van der Waals surface area contributed by atoms with Crippen molar-refractivity contribution < 1.29 is 58.2 Å². The van der Waals surface area contributed by atoms with Crippen LogP contribution in [-0.4, -0.2) is 89.2 Å². The maximum atomic E-state index is 13.2. The number of aliphatic carboxylic acids is 1. The lowest BCUT2D eigenvalue weighted by Crippen LogP contribution is -2.61. The molecule has 1 rings (SSSR count). The summed E-state index contributed by atoms with van der Waals surface area (Å²) in [4.78, 5) is 51.1. The van der Waals surface area contributed by atoms with Gasteiger partial charge in [0.05, 0.1) is 6.61 Å². The number of rotatable bonds is 52. The molecule has 12 heteroatoms. The van der Waals surface area contributed by atoms with E-state index in [1.807, 2.05) is 0 Å². The Morgan fingerprint density at radius 2 is 0.840 bits per heavy atom. The third kappa shape index (κ3) is 41.5. The average Bonchev–Trinajstić information content (AvgIpc) is 3.39. The molecular formula is C63H110O12. The van der Waals surface area contributed by atoms with Crippen LogP contribution in [0, 0.1) is 0 Å². The van der Waals surface area contributed by atoms with Gasteiger partial charge in [-0.15, -0.1) is 0 Å². The molecule has 1 heterocycles. The zero-order valence-electron chi connectivity index (χ0n) is 47.8. The molecule has 0 spiro atoms. The minimum absolute atomic E-state index is 0.0611. The number of carboxylic acids is 1. The van der Waals surface area contributed by atoms with E-state index in [1.165, 1.54) is 135 Å². The molecule has 3 N–H and O–H groups in total. The largest absolute Gasteiger partial charge is 0.479 e. The van der Waals surface area contributed by atoms with Gasteiger partial charge in [-0.3, -0.25) is 14.4 Å². The predicted octanol–water partition coefficient (Wildman–Crippen LogP) is 15.8. The number of ether oxygens (including phenoxy) is 5. The Bertz CT molecular complexity index is 1490. The Kier molecular flexibility index (Phi) is 47.8. The number of esters is 3. The molecule has 0 bridgehead atoms. The molecule has 0 aromatic carbocycles. The highest BCUT2D eigenvalue weighted by Gasteiger charge is 2.50. The van der Waals surface area contributed by atoms with E-state index >= 15 is 0 Å². The lowest BCUT2D eigenvalue weighted by molar-refractivity contribution is -0.301. The smallest absolute Gasteiger partial charge is 0.335 e. The van der Waals surface area contributed by atoms with Crippen LogP contribution in [0.15, 0.2) is 48.6 Å². The van der Waals surface area contributed by atoms with E-state index in [1.54, 1.807) is 0 Å². The summed E-state index contributed by atoms with van der Waals surface area (Å²) in [5.41, 5.74) is 0. The molecule has 0 aromatic heterocycles. The van der Waals surface area contributed by atoms with Crippen molar-refractivity contribution in [1.29, 1.82) is 0 Å². The van der Waals surface area contributed by atoms with Crippen LogP contribution in [0.25, 0.3) is 0 Å². The second-order valence-corrected chi connectivity index (χ2v) is 21.0. The molecule has 434 valence electrons. The fourth-order valence-electron chi connectivity index (χ4n) is 9.24. The number of allylic oxidation sites excluding steroid dienone is 8. The summed E-state index contributed by atoms with van der Waals surface area (Å²) in [7, 11) is 0. The van der Waals surface area contributed by atoms with Crippen molar-refractivity contribution in [1.82, 2.24) is 0 Å². The molecule has 6 unspecified atom stereocenters. The van der Waals surface area contributed by atoms with Gasteiger partial charge in [0.2, 0.25) is 0 Å². The zero-order valence-corrected chi connectivity index (χ0v) is 47.8. The maximum absolute atomic E-state index is 13.2.